The van der Waals surface area contributed by atoms with Gasteiger partial charge in [0.15, 0.2) is 16.7 Å². The molecule has 23 heteroatoms. The van der Waals surface area contributed by atoms with Gasteiger partial charge in [-0.25, -0.2) is 16.8 Å². The number of Topliss-reactive ketones (excluding diaryl/α,β-unsaturated/α-hetero) is 6. The Kier molecular flexibility index (Phi) is 20.3. The Morgan fingerprint density at radius 2 is 0.776 bits per heavy atom. The Bertz CT molecular complexity index is 4070. The molecule has 446 valence electrons. The van der Waals surface area contributed by atoms with Crippen LogP contribution in [0, 0.1) is 7.43 Å². The molecule has 3 saturated carbocycles. The monoisotopic (exact) mass is 1370 g/mol. The van der Waals surface area contributed by atoms with Crippen LogP contribution in [0.4, 0.5) is 0 Å². The number of fused-ring (bicyclic) bond motifs is 9. The fourth-order valence-electron chi connectivity index (χ4n) is 11.0. The Labute approximate surface area is 503 Å². The molecule has 3 aromatic heterocycles. The van der Waals surface area contributed by atoms with Crippen molar-refractivity contribution in [2.45, 2.75) is 88.4 Å². The molecule has 2 N–H and O–H groups in total. The van der Waals surface area contributed by atoms with Crippen LogP contribution in [-0.4, -0.2) is 117 Å². The molecule has 0 radical (unpaired) electrons. The van der Waals surface area contributed by atoms with Crippen LogP contribution in [0.5, 0.6) is 17.2 Å². The average molecular weight is 1370 g/mol. The number of nitrogens with two attached hydrogens (primary N) is 1. The van der Waals surface area contributed by atoms with Gasteiger partial charge >= 0.3 is 0 Å². The first-order valence-corrected chi connectivity index (χ1v) is 31.5. The van der Waals surface area contributed by atoms with Crippen molar-refractivity contribution in [3.63, 3.8) is 0 Å². The maximum Gasteiger partial charge on any atom is 0.167 e. The molecule has 3 unspecified atom stereocenters. The number of carbonyl (C=O) groups excluding carboxylic acids is 6. The van der Waals surface area contributed by atoms with E-state index in [2.05, 4.69) is 15.5 Å². The Morgan fingerprint density at radius 3 is 1.06 bits per heavy atom. The summed E-state index contributed by atoms with van der Waals surface area (Å²) in [5, 5.41) is 20.4. The zero-order chi connectivity index (χ0) is 58.6. The summed E-state index contributed by atoms with van der Waals surface area (Å²) in [6.45, 7) is 1.53. The van der Waals surface area contributed by atoms with Crippen molar-refractivity contribution in [2.75, 3.05) is 50.4 Å². The van der Waals surface area contributed by atoms with E-state index in [4.69, 9.17) is 33.5 Å². The van der Waals surface area contributed by atoms with E-state index in [1.807, 2.05) is 78.9 Å². The molecular formula is C62H63N4O16S2W-. The first kappa shape index (κ1) is 63.5. The molecule has 3 aliphatic rings. The van der Waals surface area contributed by atoms with Crippen molar-refractivity contribution >= 4 is 120 Å². The number of sulfone groups is 2. The van der Waals surface area contributed by atoms with Gasteiger partial charge in [0.2, 0.25) is 0 Å². The summed E-state index contributed by atoms with van der Waals surface area (Å²) in [6.07, 6.45) is 5.72. The van der Waals surface area contributed by atoms with Gasteiger partial charge in [-0.15, -0.1) is 0 Å². The maximum absolute atomic E-state index is 12.4. The molecule has 20 nitrogen and oxygen atoms in total. The van der Waals surface area contributed by atoms with E-state index in [1.165, 1.54) is 12.5 Å². The molecule has 0 aliphatic heterocycles. The second-order valence-electron chi connectivity index (χ2n) is 21.3. The summed E-state index contributed by atoms with van der Waals surface area (Å²) in [4.78, 5) is 71.7. The average Bonchev–Trinajstić information content (AvgIpc) is 2.42. The third kappa shape index (κ3) is 14.9. The summed E-state index contributed by atoms with van der Waals surface area (Å²) in [5.41, 5.74) is 9.12. The topological polar surface area (TPSA) is 302 Å². The molecule has 0 bridgehead atoms. The van der Waals surface area contributed by atoms with E-state index >= 15 is 0 Å². The largest absolute Gasteiger partial charge is 0.494 e. The van der Waals surface area contributed by atoms with Crippen LogP contribution in [0.3, 0.4) is 0 Å². The molecular weight excluding hydrogens is 1300 g/mol. The molecule has 9 aromatic rings. The Balaban J connectivity index is 0.000000165. The van der Waals surface area contributed by atoms with Crippen molar-refractivity contribution in [1.29, 1.82) is 0 Å². The van der Waals surface area contributed by atoms with E-state index in [9.17, 15) is 45.6 Å². The number of ketones is 6. The predicted octanol–water partition coefficient (Wildman–Crippen LogP) is 9.57. The summed E-state index contributed by atoms with van der Waals surface area (Å²) in [6, 6.07) is 28.1. The van der Waals surface area contributed by atoms with E-state index in [1.54, 1.807) is 12.1 Å². The van der Waals surface area contributed by atoms with Crippen LogP contribution in [0.1, 0.15) is 105 Å². The number of aromatic nitrogens is 3. The van der Waals surface area contributed by atoms with Gasteiger partial charge in [-0.1, -0.05) is 33.7 Å². The predicted molar refractivity (Wildman–Crippen MR) is 315 cm³/mol. The number of ether oxygens (including phenoxy) is 3. The van der Waals surface area contributed by atoms with Crippen LogP contribution >= 0.6 is 0 Å². The molecule has 0 amide bonds. The number of carbonyl (C=O) groups is 6. The number of rotatable bonds is 16. The van der Waals surface area contributed by atoms with Crippen LogP contribution < -0.4 is 19.9 Å². The van der Waals surface area contributed by atoms with Gasteiger partial charge in [0.05, 0.1) is 77.9 Å². The molecule has 85 heavy (non-hydrogen) atoms. The quantitative estimate of drug-likeness (QED) is 0.0534. The zero-order valence-corrected chi connectivity index (χ0v) is 51.7. The molecule has 3 heterocycles. The molecule has 6 aromatic carbocycles. The standard InChI is InChI=1S/2C21H21NO6S.C19H18N2O4.CH3.W/c2*1-29(25,26)10-2-9-27-15-5-7-16-13(11-15)3-8-19-20(16)21(22-28-19)17-6-4-14(23)12-18(17)24;20-7-8-24-13-3-5-14-11(9-13)1-6-17-18(14)19(21-25-17)15-4-2-12(22)10-16(15)23;;/h2*3,5,7-8,11,17H,2,4,6,9-10,12H2,1H3;1,3,5-6,9,15H,2,4,7-8,10,20H2;1H3;/q;;;-1;. The van der Waals surface area contributed by atoms with Gasteiger partial charge in [0.25, 0.3) is 0 Å². The minimum atomic E-state index is -3.00. The number of benzene rings is 6. The zero-order valence-electron chi connectivity index (χ0n) is 47.1. The van der Waals surface area contributed by atoms with E-state index in [0.29, 0.717) is 123 Å². The van der Waals surface area contributed by atoms with Gasteiger partial charge < -0.3 is 40.9 Å². The van der Waals surface area contributed by atoms with E-state index in [0.717, 1.165) is 54.2 Å². The van der Waals surface area contributed by atoms with Gasteiger partial charge in [-0.3, -0.25) is 28.8 Å². The van der Waals surface area contributed by atoms with E-state index < -0.39 is 31.5 Å². The van der Waals surface area contributed by atoms with Gasteiger partial charge in [-0.2, -0.15) is 0 Å². The smallest absolute Gasteiger partial charge is 0.167 e. The third-order valence-corrected chi connectivity index (χ3v) is 17.1. The van der Waals surface area contributed by atoms with Gasteiger partial charge in [0, 0.05) is 59.4 Å². The van der Waals surface area contributed by atoms with Crippen molar-refractivity contribution in [3.05, 3.63) is 116 Å². The molecule has 12 rings (SSSR count). The number of hydrogen-bond donors (Lipinski definition) is 1. The van der Waals surface area contributed by atoms with Crippen molar-refractivity contribution in [3.8, 4) is 17.2 Å². The Hall–Kier alpha value is -7.52. The summed E-state index contributed by atoms with van der Waals surface area (Å²) >= 11 is 0. The third-order valence-electron chi connectivity index (χ3n) is 15.0. The Morgan fingerprint density at radius 1 is 0.471 bits per heavy atom. The normalized spacial score (nSPS) is 17.6. The second kappa shape index (κ2) is 27.2. The minimum absolute atomic E-state index is 0. The second-order valence-corrected chi connectivity index (χ2v) is 25.8. The van der Waals surface area contributed by atoms with Crippen molar-refractivity contribution < 1.29 is 94.4 Å². The van der Waals surface area contributed by atoms with Crippen LogP contribution in [-0.2, 0) is 69.5 Å². The number of nitrogens with zero attached hydrogens (tertiary/aromatic N) is 3. The van der Waals surface area contributed by atoms with E-state index in [-0.39, 0.29) is 99.9 Å². The minimum Gasteiger partial charge on any atom is -0.494 e. The van der Waals surface area contributed by atoms with Crippen molar-refractivity contribution in [1.82, 2.24) is 15.5 Å². The first-order chi connectivity index (χ1) is 39.8. The molecule has 3 aliphatic carbocycles. The van der Waals surface area contributed by atoms with Crippen LogP contribution in [0.15, 0.2) is 105 Å². The van der Waals surface area contributed by atoms with Gasteiger partial charge in [-0.05, 0) is 137 Å². The molecule has 0 saturated heterocycles. The summed E-state index contributed by atoms with van der Waals surface area (Å²) in [7, 11) is -6.00. The van der Waals surface area contributed by atoms with Crippen molar-refractivity contribution in [2.24, 2.45) is 5.73 Å². The summed E-state index contributed by atoms with van der Waals surface area (Å²) < 4.78 is 78.1. The maximum atomic E-state index is 12.4. The summed E-state index contributed by atoms with van der Waals surface area (Å²) in [5.74, 6) is 0.621. The van der Waals surface area contributed by atoms with Crippen LogP contribution in [0.2, 0.25) is 0 Å². The number of hydrogen-bond acceptors (Lipinski definition) is 20. The molecule has 3 fully saturated rings. The molecule has 3 atom stereocenters. The molecule has 0 spiro atoms. The van der Waals surface area contributed by atoms with Crippen LogP contribution in [0.25, 0.3) is 65.2 Å². The fraction of sp³-hybridized carbons (Fsp3) is 0.355. The van der Waals surface area contributed by atoms with Gasteiger partial charge in [0.1, 0.15) is 95.3 Å². The first-order valence-electron chi connectivity index (χ1n) is 27.3. The SMILES string of the molecule is CS(=O)(=O)CCCOc1ccc2c(ccc3onc(C4CCC(=O)CC4=O)c32)c1.CS(=O)(=O)CCCOc1ccc2c(ccc3onc(C4CCC(=O)CC4=O)c32)c1.NCCOc1ccc2c(ccc3onc(C4CCC(=O)CC4=O)c32)c1.[CH3-].[W]. The fourth-order valence-corrected chi connectivity index (χ4v) is 12.3.